The summed E-state index contributed by atoms with van der Waals surface area (Å²) >= 11 is 0. The van der Waals surface area contributed by atoms with Gasteiger partial charge in [-0.1, -0.05) is 0 Å². The van der Waals surface area contributed by atoms with Crippen LogP contribution in [0.25, 0.3) is 0 Å². The van der Waals surface area contributed by atoms with E-state index in [1.165, 1.54) is 11.2 Å². The van der Waals surface area contributed by atoms with Crippen LogP contribution in [0.4, 0.5) is 11.6 Å². The van der Waals surface area contributed by atoms with Gasteiger partial charge in [0, 0.05) is 33.4 Å². The van der Waals surface area contributed by atoms with Gasteiger partial charge < -0.3 is 10.1 Å². The lowest BCUT2D eigenvalue weighted by Gasteiger charge is -2.09. The van der Waals surface area contributed by atoms with Crippen molar-refractivity contribution in [2.45, 2.75) is 6.42 Å². The molecule has 0 radical (unpaired) electrons. The maximum Gasteiger partial charge on any atom is 0.185 e. The third kappa shape index (κ3) is 3.71. The first-order valence-corrected chi connectivity index (χ1v) is 4.96. The molecule has 1 heterocycles. The van der Waals surface area contributed by atoms with Gasteiger partial charge >= 0.3 is 0 Å². The summed E-state index contributed by atoms with van der Waals surface area (Å²) in [5.74, 6) is 1.29. The molecule has 0 aromatic carbocycles. The van der Waals surface area contributed by atoms with Crippen LogP contribution >= 0.6 is 0 Å². The number of anilines is 2. The molecule has 0 aliphatic heterocycles. The summed E-state index contributed by atoms with van der Waals surface area (Å²) in [6.45, 7) is 1.49. The van der Waals surface area contributed by atoms with Crippen LogP contribution in [0, 0.1) is 11.5 Å². The van der Waals surface area contributed by atoms with E-state index in [1.807, 2.05) is 6.19 Å². The van der Waals surface area contributed by atoms with Crippen molar-refractivity contribution in [3.05, 3.63) is 12.4 Å². The SMILES string of the molecule is COCCCNc1cc(N(C)C#N)ncn1. The minimum absolute atomic E-state index is 0.576. The van der Waals surface area contributed by atoms with Crippen molar-refractivity contribution in [1.82, 2.24) is 9.97 Å². The second-order valence-corrected chi connectivity index (χ2v) is 3.19. The number of nitrogens with zero attached hydrogens (tertiary/aromatic N) is 4. The lowest BCUT2D eigenvalue weighted by Crippen LogP contribution is -2.12. The molecule has 0 bridgehead atoms. The Morgan fingerprint density at radius 2 is 2.38 bits per heavy atom. The zero-order valence-corrected chi connectivity index (χ0v) is 9.47. The summed E-state index contributed by atoms with van der Waals surface area (Å²) in [4.78, 5) is 9.41. The number of rotatable bonds is 6. The molecule has 1 N–H and O–H groups in total. The fourth-order valence-electron chi connectivity index (χ4n) is 1.11. The molecule has 0 amide bonds. The molecule has 6 heteroatoms. The topological polar surface area (TPSA) is 74.1 Å². The van der Waals surface area contributed by atoms with Gasteiger partial charge in [-0.15, -0.1) is 0 Å². The van der Waals surface area contributed by atoms with E-state index in [-0.39, 0.29) is 0 Å². The van der Waals surface area contributed by atoms with Gasteiger partial charge in [0.25, 0.3) is 0 Å². The van der Waals surface area contributed by atoms with Gasteiger partial charge in [0.2, 0.25) is 0 Å². The first-order chi connectivity index (χ1) is 7.77. The lowest BCUT2D eigenvalue weighted by molar-refractivity contribution is 0.198. The normalized spacial score (nSPS) is 9.56. The van der Waals surface area contributed by atoms with E-state index in [0.717, 1.165) is 13.0 Å². The lowest BCUT2D eigenvalue weighted by atomic mass is 10.4. The molecule has 16 heavy (non-hydrogen) atoms. The molecule has 0 spiro atoms. The minimum Gasteiger partial charge on any atom is -0.385 e. The zero-order chi connectivity index (χ0) is 11.8. The molecule has 0 unspecified atom stereocenters. The molecule has 1 rings (SSSR count). The van der Waals surface area contributed by atoms with Crippen LogP contribution in [0.1, 0.15) is 6.42 Å². The largest absolute Gasteiger partial charge is 0.385 e. The molecule has 0 saturated heterocycles. The second-order valence-electron chi connectivity index (χ2n) is 3.19. The monoisotopic (exact) mass is 221 g/mol. The molecular formula is C10H15N5O. The second kappa shape index (κ2) is 6.58. The Bertz CT molecular complexity index is 362. The van der Waals surface area contributed by atoms with E-state index in [4.69, 9.17) is 10.00 Å². The predicted octanol–water partition coefficient (Wildman–Crippen LogP) is 0.842. The van der Waals surface area contributed by atoms with Crippen molar-refractivity contribution in [3.63, 3.8) is 0 Å². The van der Waals surface area contributed by atoms with Gasteiger partial charge in [-0.2, -0.15) is 5.26 Å². The third-order valence-corrected chi connectivity index (χ3v) is 1.98. The number of methoxy groups -OCH3 is 1. The predicted molar refractivity (Wildman–Crippen MR) is 61.0 cm³/mol. The number of nitriles is 1. The van der Waals surface area contributed by atoms with Gasteiger partial charge in [-0.25, -0.2) is 9.97 Å². The van der Waals surface area contributed by atoms with Crippen molar-refractivity contribution < 1.29 is 4.74 Å². The van der Waals surface area contributed by atoms with Gasteiger partial charge in [-0.05, 0) is 6.42 Å². The Balaban J connectivity index is 2.51. The molecule has 0 aliphatic carbocycles. The van der Waals surface area contributed by atoms with Crippen molar-refractivity contribution in [1.29, 1.82) is 5.26 Å². The molecule has 0 saturated carbocycles. The van der Waals surface area contributed by atoms with Crippen molar-refractivity contribution in [2.75, 3.05) is 37.5 Å². The van der Waals surface area contributed by atoms with E-state index < -0.39 is 0 Å². The van der Waals surface area contributed by atoms with Gasteiger partial charge in [0.15, 0.2) is 6.19 Å². The molecule has 86 valence electrons. The molecule has 0 fully saturated rings. The summed E-state index contributed by atoms with van der Waals surface area (Å²) < 4.78 is 4.94. The minimum atomic E-state index is 0.576. The Morgan fingerprint density at radius 3 is 3.06 bits per heavy atom. The van der Waals surface area contributed by atoms with Crippen LogP contribution in [0.15, 0.2) is 12.4 Å². The van der Waals surface area contributed by atoms with Crippen LogP contribution < -0.4 is 10.2 Å². The van der Waals surface area contributed by atoms with Gasteiger partial charge in [0.05, 0.1) is 0 Å². The highest BCUT2D eigenvalue weighted by Gasteiger charge is 2.02. The summed E-state index contributed by atoms with van der Waals surface area (Å²) in [6.07, 6.45) is 4.32. The number of hydrogen-bond donors (Lipinski definition) is 1. The van der Waals surface area contributed by atoms with Crippen molar-refractivity contribution >= 4 is 11.6 Å². The maximum atomic E-state index is 8.70. The van der Waals surface area contributed by atoms with Crippen LogP contribution in [0.3, 0.4) is 0 Å². The quantitative estimate of drug-likeness (QED) is 0.436. The maximum absolute atomic E-state index is 8.70. The van der Waals surface area contributed by atoms with E-state index in [2.05, 4.69) is 15.3 Å². The Morgan fingerprint density at radius 1 is 1.56 bits per heavy atom. The Hall–Kier alpha value is -1.87. The first-order valence-electron chi connectivity index (χ1n) is 4.96. The average molecular weight is 221 g/mol. The zero-order valence-electron chi connectivity index (χ0n) is 9.47. The highest BCUT2D eigenvalue weighted by Crippen LogP contribution is 2.11. The summed E-state index contributed by atoms with van der Waals surface area (Å²) in [5, 5.41) is 11.8. The summed E-state index contributed by atoms with van der Waals surface area (Å²) in [5.41, 5.74) is 0. The summed E-state index contributed by atoms with van der Waals surface area (Å²) in [7, 11) is 3.32. The third-order valence-electron chi connectivity index (χ3n) is 1.98. The summed E-state index contributed by atoms with van der Waals surface area (Å²) in [6, 6.07) is 1.73. The molecule has 0 aliphatic rings. The molecule has 1 aromatic rings. The number of aromatic nitrogens is 2. The fraction of sp³-hybridized carbons (Fsp3) is 0.500. The van der Waals surface area contributed by atoms with E-state index in [9.17, 15) is 0 Å². The molecular weight excluding hydrogens is 206 g/mol. The smallest absolute Gasteiger partial charge is 0.185 e. The molecule has 1 aromatic heterocycles. The van der Waals surface area contributed by atoms with E-state index >= 15 is 0 Å². The van der Waals surface area contributed by atoms with Gasteiger partial charge in [0.1, 0.15) is 18.0 Å². The van der Waals surface area contributed by atoms with E-state index in [0.29, 0.717) is 18.2 Å². The van der Waals surface area contributed by atoms with Gasteiger partial charge in [-0.3, -0.25) is 4.90 Å². The van der Waals surface area contributed by atoms with Crippen LogP contribution in [-0.2, 0) is 4.74 Å². The number of nitrogens with one attached hydrogen (secondary N) is 1. The Kier molecular flexibility index (Phi) is 5.02. The molecule has 0 atom stereocenters. The van der Waals surface area contributed by atoms with Crippen LogP contribution in [-0.4, -0.2) is 37.3 Å². The van der Waals surface area contributed by atoms with Crippen molar-refractivity contribution in [2.24, 2.45) is 0 Å². The molecule has 6 nitrogen and oxygen atoms in total. The number of hydrogen-bond acceptors (Lipinski definition) is 6. The fourth-order valence-corrected chi connectivity index (χ4v) is 1.11. The Labute approximate surface area is 94.9 Å². The first kappa shape index (κ1) is 12.2. The number of ether oxygens (including phenoxy) is 1. The average Bonchev–Trinajstić information content (AvgIpc) is 2.34. The van der Waals surface area contributed by atoms with E-state index in [1.54, 1.807) is 20.2 Å². The van der Waals surface area contributed by atoms with Crippen LogP contribution in [0.2, 0.25) is 0 Å². The van der Waals surface area contributed by atoms with Crippen molar-refractivity contribution in [3.8, 4) is 6.19 Å². The van der Waals surface area contributed by atoms with Crippen LogP contribution in [0.5, 0.6) is 0 Å². The highest BCUT2D eigenvalue weighted by molar-refractivity contribution is 5.50. The highest BCUT2D eigenvalue weighted by atomic mass is 16.5. The standard InChI is InChI=1S/C10H15N5O/c1-15(7-11)10-6-9(13-8-14-10)12-4-3-5-16-2/h6,8H,3-5H2,1-2H3,(H,12,13,14).